The minimum absolute atomic E-state index is 0.0352. The Morgan fingerprint density at radius 2 is 1.74 bits per heavy atom. The third-order valence-electron chi connectivity index (χ3n) is 3.05. The van der Waals surface area contributed by atoms with Crippen molar-refractivity contribution < 1.29 is 8.42 Å². The maximum atomic E-state index is 12.6. The second kappa shape index (κ2) is 6.23. The number of nitrogens with zero attached hydrogens (tertiary/aromatic N) is 2. The smallest absolute Gasteiger partial charge is 0.277 e. The van der Waals surface area contributed by atoms with Gasteiger partial charge in [0, 0.05) is 23.1 Å². The van der Waals surface area contributed by atoms with Crippen LogP contribution in [0.25, 0.3) is 5.82 Å². The Labute approximate surface area is 143 Å². The maximum Gasteiger partial charge on any atom is 0.277 e. The van der Waals surface area contributed by atoms with Crippen LogP contribution < -0.4 is 4.72 Å². The molecule has 0 saturated carbocycles. The Morgan fingerprint density at radius 1 is 1.00 bits per heavy atom. The van der Waals surface area contributed by atoms with Crippen molar-refractivity contribution in [2.75, 3.05) is 4.72 Å². The van der Waals surface area contributed by atoms with E-state index >= 15 is 0 Å². The normalized spacial score (nSPS) is 11.4. The zero-order chi connectivity index (χ0) is 16.4. The summed E-state index contributed by atoms with van der Waals surface area (Å²) in [6.07, 6.45) is 3.13. The molecule has 1 aromatic carbocycles. The number of aromatic nitrogens is 2. The van der Waals surface area contributed by atoms with Gasteiger partial charge in [-0.3, -0.25) is 9.29 Å². The fraction of sp³-hybridized carbons (Fsp3) is 0. The number of nitrogens with one attached hydrogen (secondary N) is 1. The zero-order valence-electron chi connectivity index (χ0n) is 11.6. The maximum absolute atomic E-state index is 12.6. The molecule has 0 atom stereocenters. The molecule has 118 valence electrons. The van der Waals surface area contributed by atoms with E-state index in [1.165, 1.54) is 10.6 Å². The van der Waals surface area contributed by atoms with Gasteiger partial charge in [-0.1, -0.05) is 23.2 Å². The molecule has 0 aliphatic heterocycles. The monoisotopic (exact) mass is 367 g/mol. The van der Waals surface area contributed by atoms with Gasteiger partial charge in [-0.25, -0.2) is 4.98 Å². The lowest BCUT2D eigenvalue weighted by Gasteiger charge is -2.12. The molecular weight excluding hydrogens is 357 g/mol. The second-order valence-electron chi connectivity index (χ2n) is 4.64. The van der Waals surface area contributed by atoms with E-state index in [1.807, 2.05) is 0 Å². The number of halogens is 2. The lowest BCUT2D eigenvalue weighted by atomic mass is 10.3. The van der Waals surface area contributed by atoms with Crippen LogP contribution in [0.3, 0.4) is 0 Å². The molecule has 0 saturated heterocycles. The highest BCUT2D eigenvalue weighted by molar-refractivity contribution is 7.92. The van der Waals surface area contributed by atoms with Gasteiger partial charge >= 0.3 is 0 Å². The van der Waals surface area contributed by atoms with Crippen molar-refractivity contribution in [3.05, 3.63) is 71.0 Å². The van der Waals surface area contributed by atoms with Gasteiger partial charge in [0.25, 0.3) is 10.0 Å². The van der Waals surface area contributed by atoms with Gasteiger partial charge in [-0.15, -0.1) is 0 Å². The number of benzene rings is 1. The first-order chi connectivity index (χ1) is 11.0. The number of rotatable bonds is 4. The average molecular weight is 368 g/mol. The molecule has 0 aliphatic rings. The zero-order valence-corrected chi connectivity index (χ0v) is 14.0. The van der Waals surface area contributed by atoms with Crippen molar-refractivity contribution in [2.24, 2.45) is 0 Å². The molecule has 0 aliphatic carbocycles. The number of hydrogen-bond acceptors (Lipinski definition) is 3. The summed E-state index contributed by atoms with van der Waals surface area (Å²) in [6, 6.07) is 12.8. The van der Waals surface area contributed by atoms with Crippen molar-refractivity contribution in [1.82, 2.24) is 9.55 Å². The summed E-state index contributed by atoms with van der Waals surface area (Å²) < 4.78 is 29.2. The molecule has 8 heteroatoms. The summed E-state index contributed by atoms with van der Waals surface area (Å²) in [7, 11) is -3.81. The van der Waals surface area contributed by atoms with E-state index in [0.717, 1.165) is 0 Å². The predicted molar refractivity (Wildman–Crippen MR) is 90.8 cm³/mol. The first-order valence-electron chi connectivity index (χ1n) is 6.54. The van der Waals surface area contributed by atoms with Gasteiger partial charge in [0.15, 0.2) is 10.8 Å². The summed E-state index contributed by atoms with van der Waals surface area (Å²) in [5.41, 5.74) is 0.411. The molecule has 3 aromatic rings. The highest BCUT2D eigenvalue weighted by Gasteiger charge is 2.20. The van der Waals surface area contributed by atoms with Crippen LogP contribution in [0.15, 0.2) is 66.0 Å². The van der Waals surface area contributed by atoms with Crippen LogP contribution >= 0.6 is 23.2 Å². The molecule has 3 rings (SSSR count). The number of anilines is 1. The lowest BCUT2D eigenvalue weighted by Crippen LogP contribution is -2.17. The highest BCUT2D eigenvalue weighted by atomic mass is 35.5. The SMILES string of the molecule is O=S(=O)(Nc1ccc(Cl)cc1)c1cccn1-c1ncccc1Cl. The average Bonchev–Trinajstić information content (AvgIpc) is 3.00. The fourth-order valence-electron chi connectivity index (χ4n) is 2.04. The van der Waals surface area contributed by atoms with E-state index in [1.54, 1.807) is 54.9 Å². The van der Waals surface area contributed by atoms with Gasteiger partial charge in [0.05, 0.1) is 5.02 Å². The molecule has 0 bridgehead atoms. The fourth-order valence-corrected chi connectivity index (χ4v) is 3.59. The first-order valence-corrected chi connectivity index (χ1v) is 8.78. The Morgan fingerprint density at radius 3 is 2.43 bits per heavy atom. The first kappa shape index (κ1) is 15.9. The molecule has 5 nitrogen and oxygen atoms in total. The van der Waals surface area contributed by atoms with Crippen LogP contribution in [0.1, 0.15) is 0 Å². The summed E-state index contributed by atoms with van der Waals surface area (Å²) >= 11 is 11.9. The topological polar surface area (TPSA) is 64.0 Å². The van der Waals surface area contributed by atoms with E-state index in [9.17, 15) is 8.42 Å². The molecule has 0 amide bonds. The largest absolute Gasteiger partial charge is 0.289 e. The third-order valence-corrected chi connectivity index (χ3v) is 4.99. The summed E-state index contributed by atoms with van der Waals surface area (Å²) in [5.74, 6) is 0.343. The van der Waals surface area contributed by atoms with Crippen molar-refractivity contribution in [2.45, 2.75) is 5.03 Å². The van der Waals surface area contributed by atoms with Crippen LogP contribution in [-0.2, 0) is 10.0 Å². The van der Waals surface area contributed by atoms with E-state index in [2.05, 4.69) is 9.71 Å². The number of pyridine rings is 1. The second-order valence-corrected chi connectivity index (χ2v) is 7.11. The van der Waals surface area contributed by atoms with Gasteiger partial charge in [0.2, 0.25) is 0 Å². The van der Waals surface area contributed by atoms with E-state index in [4.69, 9.17) is 23.2 Å². The highest BCUT2D eigenvalue weighted by Crippen LogP contribution is 2.24. The Balaban J connectivity index is 2.00. The van der Waals surface area contributed by atoms with Gasteiger partial charge in [-0.2, -0.15) is 8.42 Å². The molecule has 1 N–H and O–H groups in total. The molecule has 0 radical (unpaired) electrons. The molecule has 23 heavy (non-hydrogen) atoms. The van der Waals surface area contributed by atoms with E-state index in [0.29, 0.717) is 21.6 Å². The van der Waals surface area contributed by atoms with E-state index in [-0.39, 0.29) is 5.03 Å². The molecule has 0 unspecified atom stereocenters. The molecular formula is C15H11Cl2N3O2S. The van der Waals surface area contributed by atoms with Gasteiger partial charge in [0.1, 0.15) is 0 Å². The number of sulfonamides is 1. The Hall–Kier alpha value is -2.02. The standard InChI is InChI=1S/C15H11Cl2N3O2S/c16-11-5-7-12(8-6-11)19-23(21,22)14-4-2-10-20(14)15-13(17)3-1-9-18-15/h1-10,19H. The molecule has 2 heterocycles. The lowest BCUT2D eigenvalue weighted by molar-refractivity contribution is 0.594. The van der Waals surface area contributed by atoms with Crippen molar-refractivity contribution in [1.29, 1.82) is 0 Å². The van der Waals surface area contributed by atoms with Crippen molar-refractivity contribution in [3.63, 3.8) is 0 Å². The summed E-state index contributed by atoms with van der Waals surface area (Å²) in [6.45, 7) is 0. The summed E-state index contributed by atoms with van der Waals surface area (Å²) in [4.78, 5) is 4.13. The van der Waals surface area contributed by atoms with E-state index < -0.39 is 10.0 Å². The van der Waals surface area contributed by atoms with Gasteiger partial charge < -0.3 is 0 Å². The predicted octanol–water partition coefficient (Wildman–Crippen LogP) is 3.98. The van der Waals surface area contributed by atoms with Crippen LogP contribution in [0.5, 0.6) is 0 Å². The molecule has 2 aromatic heterocycles. The Kier molecular flexibility index (Phi) is 4.30. The Bertz CT molecular complexity index is 937. The van der Waals surface area contributed by atoms with Crippen molar-refractivity contribution >= 4 is 38.9 Å². The summed E-state index contributed by atoms with van der Waals surface area (Å²) in [5, 5.41) is 0.913. The van der Waals surface area contributed by atoms with Gasteiger partial charge in [-0.05, 0) is 48.5 Å². The van der Waals surface area contributed by atoms with Crippen LogP contribution in [0.2, 0.25) is 10.0 Å². The molecule has 0 spiro atoms. The van der Waals surface area contributed by atoms with Crippen LogP contribution in [0, 0.1) is 0 Å². The van der Waals surface area contributed by atoms with Crippen LogP contribution in [0.4, 0.5) is 5.69 Å². The third kappa shape index (κ3) is 3.34. The minimum atomic E-state index is -3.81. The molecule has 0 fully saturated rings. The number of hydrogen-bond donors (Lipinski definition) is 1. The quantitative estimate of drug-likeness (QED) is 0.758. The van der Waals surface area contributed by atoms with Crippen molar-refractivity contribution in [3.8, 4) is 5.82 Å². The minimum Gasteiger partial charge on any atom is -0.289 e. The van der Waals surface area contributed by atoms with Crippen LogP contribution in [-0.4, -0.2) is 18.0 Å².